The van der Waals surface area contributed by atoms with E-state index in [0.29, 0.717) is 11.6 Å². The quantitative estimate of drug-likeness (QED) is 0.715. The van der Waals surface area contributed by atoms with E-state index in [9.17, 15) is 0 Å². The zero-order chi connectivity index (χ0) is 10.7. The third-order valence-corrected chi connectivity index (χ3v) is 2.20. The summed E-state index contributed by atoms with van der Waals surface area (Å²) in [5.74, 6) is 0.858. The van der Waals surface area contributed by atoms with E-state index in [4.69, 9.17) is 5.26 Å². The highest BCUT2D eigenvalue weighted by Crippen LogP contribution is 2.14. The molecule has 0 amide bonds. The van der Waals surface area contributed by atoms with Gasteiger partial charge in [-0.05, 0) is 32.9 Å². The third kappa shape index (κ3) is 2.23. The van der Waals surface area contributed by atoms with Crippen LogP contribution in [-0.2, 0) is 0 Å². The predicted molar refractivity (Wildman–Crippen MR) is 57.2 cm³/mol. The van der Waals surface area contributed by atoms with Gasteiger partial charge in [0.1, 0.15) is 5.82 Å². The molecule has 0 radical (unpaired) electrons. The average molecular weight is 189 g/mol. The van der Waals surface area contributed by atoms with Gasteiger partial charge in [0.25, 0.3) is 0 Å². The van der Waals surface area contributed by atoms with Crippen LogP contribution in [0.1, 0.15) is 25.1 Å². The first-order valence-electron chi connectivity index (χ1n) is 4.66. The molecule has 1 aromatic heterocycles. The summed E-state index contributed by atoms with van der Waals surface area (Å²) in [5, 5.41) is 8.81. The smallest absolute Gasteiger partial charge is 0.130 e. The topological polar surface area (TPSA) is 39.9 Å². The van der Waals surface area contributed by atoms with E-state index < -0.39 is 0 Å². The fraction of sp³-hybridized carbons (Fsp3) is 0.455. The fourth-order valence-corrected chi connectivity index (χ4v) is 1.16. The minimum atomic E-state index is 0.385. The fourth-order valence-electron chi connectivity index (χ4n) is 1.16. The molecule has 0 aliphatic carbocycles. The highest BCUT2D eigenvalue weighted by atomic mass is 15.2. The number of anilines is 1. The molecule has 0 saturated heterocycles. The maximum atomic E-state index is 8.81. The highest BCUT2D eigenvalue weighted by Gasteiger charge is 2.07. The Balaban J connectivity index is 3.10. The van der Waals surface area contributed by atoms with Crippen LogP contribution in [0.5, 0.6) is 0 Å². The molecule has 0 atom stereocenters. The summed E-state index contributed by atoms with van der Waals surface area (Å²) in [7, 11) is 1.98. The Hall–Kier alpha value is -1.56. The van der Waals surface area contributed by atoms with E-state index in [0.717, 1.165) is 11.5 Å². The van der Waals surface area contributed by atoms with Crippen LogP contribution in [0.25, 0.3) is 0 Å². The highest BCUT2D eigenvalue weighted by molar-refractivity contribution is 5.46. The number of rotatable bonds is 2. The first-order valence-corrected chi connectivity index (χ1v) is 4.66. The molecule has 3 heteroatoms. The number of hydrogen-bond donors (Lipinski definition) is 0. The van der Waals surface area contributed by atoms with Crippen LogP contribution in [0.3, 0.4) is 0 Å². The van der Waals surface area contributed by atoms with Crippen molar-refractivity contribution < 1.29 is 0 Å². The van der Waals surface area contributed by atoms with Crippen molar-refractivity contribution in [2.45, 2.75) is 26.8 Å². The molecule has 1 rings (SSSR count). The summed E-state index contributed by atoms with van der Waals surface area (Å²) in [5.41, 5.74) is 1.55. The van der Waals surface area contributed by atoms with Crippen molar-refractivity contribution in [2.75, 3.05) is 11.9 Å². The second-order valence-electron chi connectivity index (χ2n) is 3.67. The second-order valence-corrected chi connectivity index (χ2v) is 3.67. The van der Waals surface area contributed by atoms with E-state index in [1.165, 1.54) is 0 Å². The van der Waals surface area contributed by atoms with Gasteiger partial charge in [0, 0.05) is 18.8 Å². The van der Waals surface area contributed by atoms with Crippen molar-refractivity contribution in [1.82, 2.24) is 4.98 Å². The lowest BCUT2D eigenvalue weighted by molar-refractivity contribution is 0.741. The average Bonchev–Trinajstić information content (AvgIpc) is 2.15. The molecule has 1 heterocycles. The number of nitriles is 1. The van der Waals surface area contributed by atoms with Gasteiger partial charge in [0.2, 0.25) is 0 Å². The molecule has 74 valence electrons. The van der Waals surface area contributed by atoms with Crippen molar-refractivity contribution >= 4 is 5.82 Å². The Morgan fingerprint density at radius 3 is 2.57 bits per heavy atom. The van der Waals surface area contributed by atoms with Gasteiger partial charge in [-0.25, -0.2) is 4.98 Å². The van der Waals surface area contributed by atoms with Gasteiger partial charge in [-0.2, -0.15) is 5.26 Å². The first kappa shape index (κ1) is 10.5. The molecular weight excluding hydrogens is 174 g/mol. The molecule has 0 N–H and O–H groups in total. The van der Waals surface area contributed by atoms with Crippen molar-refractivity contribution in [2.24, 2.45) is 0 Å². The van der Waals surface area contributed by atoms with Crippen LogP contribution in [0.4, 0.5) is 5.82 Å². The van der Waals surface area contributed by atoms with Crippen LogP contribution >= 0.6 is 0 Å². The Kier molecular flexibility index (Phi) is 3.08. The molecular formula is C11H15N3. The number of aromatic nitrogens is 1. The van der Waals surface area contributed by atoms with E-state index >= 15 is 0 Å². The lowest BCUT2D eigenvalue weighted by Gasteiger charge is -2.22. The van der Waals surface area contributed by atoms with Crippen LogP contribution < -0.4 is 4.90 Å². The normalized spacial score (nSPS) is 10.0. The van der Waals surface area contributed by atoms with Crippen molar-refractivity contribution in [3.05, 3.63) is 23.4 Å². The third-order valence-electron chi connectivity index (χ3n) is 2.20. The molecule has 14 heavy (non-hydrogen) atoms. The lowest BCUT2D eigenvalue weighted by atomic mass is 10.2. The minimum absolute atomic E-state index is 0.385. The Labute approximate surface area is 85.0 Å². The molecule has 0 spiro atoms. The molecule has 0 fully saturated rings. The van der Waals surface area contributed by atoms with Gasteiger partial charge in [-0.15, -0.1) is 0 Å². The Bertz CT molecular complexity index is 363. The second kappa shape index (κ2) is 4.10. The van der Waals surface area contributed by atoms with Crippen molar-refractivity contribution in [3.63, 3.8) is 0 Å². The summed E-state index contributed by atoms with van der Waals surface area (Å²) >= 11 is 0. The van der Waals surface area contributed by atoms with Crippen LogP contribution in [0.15, 0.2) is 12.1 Å². The van der Waals surface area contributed by atoms with Gasteiger partial charge < -0.3 is 4.90 Å². The lowest BCUT2D eigenvalue weighted by Crippen LogP contribution is -2.26. The maximum absolute atomic E-state index is 8.81. The SMILES string of the molecule is Cc1cc(C#N)cc(N(C)C(C)C)n1. The van der Waals surface area contributed by atoms with Crippen molar-refractivity contribution in [3.8, 4) is 6.07 Å². The maximum Gasteiger partial charge on any atom is 0.130 e. The van der Waals surface area contributed by atoms with E-state index in [-0.39, 0.29) is 0 Å². The van der Waals surface area contributed by atoms with Crippen molar-refractivity contribution in [1.29, 1.82) is 5.26 Å². The van der Waals surface area contributed by atoms with Gasteiger partial charge in [-0.3, -0.25) is 0 Å². The Morgan fingerprint density at radius 1 is 1.43 bits per heavy atom. The van der Waals surface area contributed by atoms with Gasteiger partial charge in [0.15, 0.2) is 0 Å². The largest absolute Gasteiger partial charge is 0.357 e. The molecule has 0 aliphatic rings. The number of hydrogen-bond acceptors (Lipinski definition) is 3. The molecule has 0 saturated carbocycles. The van der Waals surface area contributed by atoms with Gasteiger partial charge in [0.05, 0.1) is 11.6 Å². The summed E-state index contributed by atoms with van der Waals surface area (Å²) in [6, 6.07) is 6.12. The zero-order valence-electron chi connectivity index (χ0n) is 9.07. The molecule has 1 aromatic rings. The monoisotopic (exact) mass is 189 g/mol. The van der Waals surface area contributed by atoms with E-state index in [2.05, 4.69) is 24.9 Å². The summed E-state index contributed by atoms with van der Waals surface area (Å²) < 4.78 is 0. The Morgan fingerprint density at radius 2 is 2.07 bits per heavy atom. The standard InChI is InChI=1S/C11H15N3/c1-8(2)14(4)11-6-10(7-12)5-9(3)13-11/h5-6,8H,1-4H3. The van der Waals surface area contributed by atoms with Crippen LogP contribution in [0.2, 0.25) is 0 Å². The van der Waals surface area contributed by atoms with E-state index in [1.807, 2.05) is 24.9 Å². The molecule has 0 unspecified atom stereocenters. The van der Waals surface area contributed by atoms with Crippen LogP contribution in [-0.4, -0.2) is 18.1 Å². The molecule has 0 aliphatic heterocycles. The predicted octanol–water partition coefficient (Wildman–Crippen LogP) is 2.11. The van der Waals surface area contributed by atoms with Gasteiger partial charge >= 0.3 is 0 Å². The van der Waals surface area contributed by atoms with Gasteiger partial charge in [-0.1, -0.05) is 0 Å². The molecule has 0 aromatic carbocycles. The number of pyridine rings is 1. The minimum Gasteiger partial charge on any atom is -0.357 e. The number of nitrogens with zero attached hydrogens (tertiary/aromatic N) is 3. The zero-order valence-corrected chi connectivity index (χ0v) is 9.07. The summed E-state index contributed by atoms with van der Waals surface area (Å²) in [4.78, 5) is 6.43. The first-order chi connectivity index (χ1) is 6.54. The molecule has 3 nitrogen and oxygen atoms in total. The summed E-state index contributed by atoms with van der Waals surface area (Å²) in [6.45, 7) is 6.09. The summed E-state index contributed by atoms with van der Waals surface area (Å²) in [6.07, 6.45) is 0. The van der Waals surface area contributed by atoms with E-state index in [1.54, 1.807) is 6.07 Å². The van der Waals surface area contributed by atoms with Crippen LogP contribution in [0, 0.1) is 18.3 Å². The number of aryl methyl sites for hydroxylation is 1. The molecule has 0 bridgehead atoms.